The van der Waals surface area contributed by atoms with Crippen LogP contribution in [-0.2, 0) is 14.8 Å². The normalized spacial score (nSPS) is 11.5. The molecule has 0 aliphatic rings. The molecule has 152 valence electrons. The Morgan fingerprint density at radius 2 is 1.71 bits per heavy atom. The summed E-state index contributed by atoms with van der Waals surface area (Å²) in [5.74, 6) is -0.0643. The van der Waals surface area contributed by atoms with Gasteiger partial charge in [-0.05, 0) is 42.5 Å². The van der Waals surface area contributed by atoms with Crippen molar-refractivity contribution in [2.45, 2.75) is 18.7 Å². The van der Waals surface area contributed by atoms with Crippen LogP contribution in [0, 0.1) is 0 Å². The Balaban J connectivity index is 2.03. The molecule has 0 aliphatic carbocycles. The second-order valence-corrected chi connectivity index (χ2v) is 8.93. The molecule has 0 aromatic heterocycles. The van der Waals surface area contributed by atoms with Crippen molar-refractivity contribution in [1.29, 1.82) is 0 Å². The lowest BCUT2D eigenvalue weighted by Gasteiger charge is -2.19. The standard InChI is InChI=1S/C19H21BrClNO5S/c1-3-22(4-2)28(24,25)16-9-10-18(21)17(13-16)19(23)27-12-11-26-15-7-5-14(20)6-8-15/h5-10,13H,3-4,11-12H2,1-2H3. The molecule has 0 heterocycles. The van der Waals surface area contributed by atoms with Gasteiger partial charge in [-0.3, -0.25) is 0 Å². The molecule has 0 unspecified atom stereocenters. The summed E-state index contributed by atoms with van der Waals surface area (Å²) >= 11 is 9.40. The van der Waals surface area contributed by atoms with Crippen molar-refractivity contribution < 1.29 is 22.7 Å². The van der Waals surface area contributed by atoms with Crippen molar-refractivity contribution in [2.24, 2.45) is 0 Å². The zero-order chi connectivity index (χ0) is 20.7. The summed E-state index contributed by atoms with van der Waals surface area (Å²) in [6.45, 7) is 4.30. The molecular formula is C19H21BrClNO5S. The van der Waals surface area contributed by atoms with E-state index >= 15 is 0 Å². The van der Waals surface area contributed by atoms with E-state index in [4.69, 9.17) is 21.1 Å². The first-order valence-corrected chi connectivity index (χ1v) is 11.3. The minimum atomic E-state index is -3.70. The molecule has 0 radical (unpaired) electrons. The van der Waals surface area contributed by atoms with Gasteiger partial charge in [0.2, 0.25) is 10.0 Å². The molecule has 28 heavy (non-hydrogen) atoms. The van der Waals surface area contributed by atoms with E-state index in [1.807, 2.05) is 12.1 Å². The van der Waals surface area contributed by atoms with Crippen molar-refractivity contribution in [2.75, 3.05) is 26.3 Å². The number of rotatable bonds is 9. The molecule has 2 rings (SSSR count). The van der Waals surface area contributed by atoms with Gasteiger partial charge >= 0.3 is 5.97 Å². The highest BCUT2D eigenvalue weighted by Crippen LogP contribution is 2.24. The molecule has 2 aromatic rings. The second kappa shape index (κ2) is 10.2. The zero-order valence-corrected chi connectivity index (χ0v) is 18.7. The molecule has 0 amide bonds. The minimum Gasteiger partial charge on any atom is -0.490 e. The number of benzene rings is 2. The van der Waals surface area contributed by atoms with Gasteiger partial charge in [0.05, 0.1) is 15.5 Å². The number of ether oxygens (including phenoxy) is 2. The van der Waals surface area contributed by atoms with E-state index in [9.17, 15) is 13.2 Å². The fourth-order valence-electron chi connectivity index (χ4n) is 2.44. The van der Waals surface area contributed by atoms with E-state index in [0.717, 1.165) is 4.47 Å². The molecule has 0 spiro atoms. The van der Waals surface area contributed by atoms with Crippen molar-refractivity contribution in [3.63, 3.8) is 0 Å². The summed E-state index contributed by atoms with van der Waals surface area (Å²) in [4.78, 5) is 12.3. The smallest absolute Gasteiger partial charge is 0.339 e. The SMILES string of the molecule is CCN(CC)S(=O)(=O)c1ccc(Cl)c(C(=O)OCCOc2ccc(Br)cc2)c1. The maximum absolute atomic E-state index is 12.6. The van der Waals surface area contributed by atoms with Gasteiger partial charge in [0, 0.05) is 17.6 Å². The van der Waals surface area contributed by atoms with Crippen LogP contribution >= 0.6 is 27.5 Å². The van der Waals surface area contributed by atoms with E-state index in [1.54, 1.807) is 26.0 Å². The van der Waals surface area contributed by atoms with E-state index < -0.39 is 16.0 Å². The predicted molar refractivity (Wildman–Crippen MR) is 111 cm³/mol. The Hall–Kier alpha value is -1.61. The second-order valence-electron chi connectivity index (χ2n) is 5.67. The highest BCUT2D eigenvalue weighted by molar-refractivity contribution is 9.10. The first-order chi connectivity index (χ1) is 13.3. The van der Waals surface area contributed by atoms with E-state index in [0.29, 0.717) is 18.8 Å². The van der Waals surface area contributed by atoms with Gasteiger partial charge in [-0.2, -0.15) is 4.31 Å². The van der Waals surface area contributed by atoms with Gasteiger partial charge in [-0.15, -0.1) is 0 Å². The van der Waals surface area contributed by atoms with Crippen molar-refractivity contribution in [3.8, 4) is 5.75 Å². The molecule has 0 bridgehead atoms. The third-order valence-electron chi connectivity index (χ3n) is 3.90. The topological polar surface area (TPSA) is 72.9 Å². The minimum absolute atomic E-state index is 0.00124. The molecular weight excluding hydrogens is 470 g/mol. The van der Waals surface area contributed by atoms with Gasteiger partial charge in [0.15, 0.2) is 0 Å². The van der Waals surface area contributed by atoms with Crippen LogP contribution in [0.1, 0.15) is 24.2 Å². The Bertz CT molecular complexity index is 914. The molecule has 0 atom stereocenters. The monoisotopic (exact) mass is 489 g/mol. The van der Waals surface area contributed by atoms with Crippen LogP contribution in [0.15, 0.2) is 51.8 Å². The first-order valence-electron chi connectivity index (χ1n) is 8.64. The lowest BCUT2D eigenvalue weighted by molar-refractivity contribution is 0.0450. The average molecular weight is 491 g/mol. The third kappa shape index (κ3) is 5.70. The van der Waals surface area contributed by atoms with Gasteiger partial charge in [0.25, 0.3) is 0 Å². The number of hydrogen-bond donors (Lipinski definition) is 0. The maximum atomic E-state index is 12.6. The fraction of sp³-hybridized carbons (Fsp3) is 0.316. The maximum Gasteiger partial charge on any atom is 0.339 e. The molecule has 0 aliphatic heterocycles. The van der Waals surface area contributed by atoms with Crippen molar-refractivity contribution >= 4 is 43.5 Å². The van der Waals surface area contributed by atoms with Crippen LogP contribution in [-0.4, -0.2) is 45.0 Å². The largest absolute Gasteiger partial charge is 0.490 e. The molecule has 0 fully saturated rings. The number of sulfonamides is 1. The lowest BCUT2D eigenvalue weighted by Crippen LogP contribution is -2.30. The highest BCUT2D eigenvalue weighted by Gasteiger charge is 2.24. The quantitative estimate of drug-likeness (QED) is 0.385. The van der Waals surface area contributed by atoms with Crippen LogP contribution in [0.3, 0.4) is 0 Å². The van der Waals surface area contributed by atoms with E-state index in [-0.39, 0.29) is 28.7 Å². The number of nitrogens with zero attached hydrogens (tertiary/aromatic N) is 1. The number of hydrogen-bond acceptors (Lipinski definition) is 5. The number of carbonyl (C=O) groups excluding carboxylic acids is 1. The van der Waals surface area contributed by atoms with Crippen molar-refractivity contribution in [1.82, 2.24) is 4.31 Å². The molecule has 9 heteroatoms. The number of esters is 1. The van der Waals surface area contributed by atoms with Gasteiger partial charge in [-0.1, -0.05) is 41.4 Å². The van der Waals surface area contributed by atoms with Crippen LogP contribution < -0.4 is 4.74 Å². The summed E-state index contributed by atoms with van der Waals surface area (Å²) in [5.41, 5.74) is -0.00135. The predicted octanol–water partition coefficient (Wildman–Crippen LogP) is 4.37. The first kappa shape index (κ1) is 22.7. The Morgan fingerprint density at radius 3 is 2.32 bits per heavy atom. The lowest BCUT2D eigenvalue weighted by atomic mass is 10.2. The summed E-state index contributed by atoms with van der Waals surface area (Å²) < 4.78 is 38.1. The summed E-state index contributed by atoms with van der Waals surface area (Å²) in [7, 11) is -3.70. The fourth-order valence-corrected chi connectivity index (χ4v) is 4.38. The summed E-state index contributed by atoms with van der Waals surface area (Å²) in [5, 5.41) is 0.123. The van der Waals surface area contributed by atoms with E-state index in [2.05, 4.69) is 15.9 Å². The summed E-state index contributed by atoms with van der Waals surface area (Å²) in [6, 6.07) is 11.2. The molecule has 0 saturated heterocycles. The highest BCUT2D eigenvalue weighted by atomic mass is 79.9. The zero-order valence-electron chi connectivity index (χ0n) is 15.5. The molecule has 0 saturated carbocycles. The van der Waals surface area contributed by atoms with Crippen LogP contribution in [0.2, 0.25) is 5.02 Å². The summed E-state index contributed by atoms with van der Waals surface area (Å²) in [6.07, 6.45) is 0. The van der Waals surface area contributed by atoms with Crippen LogP contribution in [0.4, 0.5) is 0 Å². The van der Waals surface area contributed by atoms with Gasteiger partial charge < -0.3 is 9.47 Å². The van der Waals surface area contributed by atoms with Crippen LogP contribution in [0.25, 0.3) is 0 Å². The Kier molecular flexibility index (Phi) is 8.30. The molecule has 0 N–H and O–H groups in total. The van der Waals surface area contributed by atoms with Gasteiger partial charge in [-0.25, -0.2) is 13.2 Å². The third-order valence-corrected chi connectivity index (χ3v) is 6.80. The van der Waals surface area contributed by atoms with Crippen molar-refractivity contribution in [3.05, 3.63) is 57.5 Å². The Morgan fingerprint density at radius 1 is 1.07 bits per heavy atom. The molecule has 6 nitrogen and oxygen atoms in total. The number of carbonyl (C=O) groups is 1. The van der Waals surface area contributed by atoms with E-state index in [1.165, 1.54) is 22.5 Å². The van der Waals surface area contributed by atoms with Gasteiger partial charge in [0.1, 0.15) is 19.0 Å². The Labute approximate surface area is 178 Å². The van der Waals surface area contributed by atoms with Crippen LogP contribution in [0.5, 0.6) is 5.75 Å². The molecule has 2 aromatic carbocycles. The number of halogens is 2. The average Bonchev–Trinajstić information content (AvgIpc) is 2.67.